The molecule has 3 rings (SSSR count). The Kier molecular flexibility index (Phi) is 4.75. The molecular formula is C20H20N2O4. The van der Waals surface area contributed by atoms with Gasteiger partial charge in [0.1, 0.15) is 0 Å². The first-order valence-corrected chi connectivity index (χ1v) is 8.37. The smallest absolute Gasteiger partial charge is 0.335 e. The van der Waals surface area contributed by atoms with E-state index < -0.39 is 11.9 Å². The van der Waals surface area contributed by atoms with Crippen molar-refractivity contribution in [2.24, 2.45) is 5.92 Å². The number of rotatable bonds is 4. The van der Waals surface area contributed by atoms with Crippen LogP contribution in [0.25, 0.3) is 0 Å². The van der Waals surface area contributed by atoms with Crippen molar-refractivity contribution in [3.63, 3.8) is 0 Å². The van der Waals surface area contributed by atoms with E-state index in [9.17, 15) is 14.4 Å². The molecule has 2 aromatic carbocycles. The topological polar surface area (TPSA) is 86.7 Å². The first-order valence-electron chi connectivity index (χ1n) is 8.37. The molecule has 2 N–H and O–H groups in total. The zero-order chi connectivity index (χ0) is 18.8. The van der Waals surface area contributed by atoms with Gasteiger partial charge in [-0.05, 0) is 55.3 Å². The molecule has 0 unspecified atom stereocenters. The van der Waals surface area contributed by atoms with Gasteiger partial charge in [-0.3, -0.25) is 9.59 Å². The van der Waals surface area contributed by atoms with Crippen molar-refractivity contribution in [2.45, 2.75) is 20.3 Å². The van der Waals surface area contributed by atoms with Crippen LogP contribution in [-0.2, 0) is 9.59 Å². The third kappa shape index (κ3) is 3.59. The van der Waals surface area contributed by atoms with Gasteiger partial charge >= 0.3 is 5.97 Å². The van der Waals surface area contributed by atoms with E-state index in [-0.39, 0.29) is 23.8 Å². The summed E-state index contributed by atoms with van der Waals surface area (Å²) in [4.78, 5) is 37.5. The first kappa shape index (κ1) is 17.7. The fraction of sp³-hybridized carbons (Fsp3) is 0.250. The summed E-state index contributed by atoms with van der Waals surface area (Å²) in [6.07, 6.45) is 0.136. The number of carboxylic acids is 1. The van der Waals surface area contributed by atoms with Gasteiger partial charge in [-0.2, -0.15) is 0 Å². The molecule has 0 spiro atoms. The molecule has 2 aromatic rings. The molecule has 1 saturated heterocycles. The van der Waals surface area contributed by atoms with Crippen LogP contribution >= 0.6 is 0 Å². The molecule has 0 bridgehead atoms. The number of nitrogens with one attached hydrogen (secondary N) is 1. The summed E-state index contributed by atoms with van der Waals surface area (Å²) in [7, 11) is 0. The number of benzene rings is 2. The number of nitrogens with zero attached hydrogens (tertiary/aromatic N) is 1. The van der Waals surface area contributed by atoms with Crippen molar-refractivity contribution < 1.29 is 19.5 Å². The fourth-order valence-corrected chi connectivity index (χ4v) is 3.00. The van der Waals surface area contributed by atoms with Gasteiger partial charge in [-0.15, -0.1) is 0 Å². The predicted octanol–water partition coefficient (Wildman–Crippen LogP) is 2.99. The summed E-state index contributed by atoms with van der Waals surface area (Å²) in [6.45, 7) is 4.30. The maximum atomic E-state index is 12.5. The second kappa shape index (κ2) is 7.00. The number of aromatic carboxylic acids is 1. The highest BCUT2D eigenvalue weighted by Crippen LogP contribution is 2.27. The van der Waals surface area contributed by atoms with E-state index in [1.807, 2.05) is 32.0 Å². The van der Waals surface area contributed by atoms with Crippen LogP contribution in [-0.4, -0.2) is 29.4 Å². The first-order chi connectivity index (χ1) is 12.3. The largest absolute Gasteiger partial charge is 0.478 e. The van der Waals surface area contributed by atoms with Crippen molar-refractivity contribution >= 4 is 29.2 Å². The number of hydrogen-bond donors (Lipinski definition) is 2. The molecule has 1 aliphatic rings. The Hall–Kier alpha value is -3.15. The molecule has 6 nitrogen and oxygen atoms in total. The van der Waals surface area contributed by atoms with Crippen LogP contribution in [0.3, 0.4) is 0 Å². The van der Waals surface area contributed by atoms with Crippen LogP contribution < -0.4 is 10.2 Å². The minimum absolute atomic E-state index is 0.0901. The Labute approximate surface area is 151 Å². The summed E-state index contributed by atoms with van der Waals surface area (Å²) in [5, 5.41) is 11.7. The van der Waals surface area contributed by atoms with Gasteiger partial charge in [0.2, 0.25) is 11.8 Å². The van der Waals surface area contributed by atoms with Gasteiger partial charge in [0.25, 0.3) is 0 Å². The van der Waals surface area contributed by atoms with E-state index in [4.69, 9.17) is 5.11 Å². The average Bonchev–Trinajstić information content (AvgIpc) is 2.99. The average molecular weight is 352 g/mol. The Balaban J connectivity index is 1.71. The van der Waals surface area contributed by atoms with Crippen LogP contribution in [0, 0.1) is 19.8 Å². The number of anilines is 2. The third-order valence-corrected chi connectivity index (χ3v) is 4.68. The quantitative estimate of drug-likeness (QED) is 0.886. The highest BCUT2D eigenvalue weighted by Gasteiger charge is 2.35. The van der Waals surface area contributed by atoms with E-state index in [2.05, 4.69) is 5.32 Å². The third-order valence-electron chi connectivity index (χ3n) is 4.68. The van der Waals surface area contributed by atoms with Crippen LogP contribution in [0.5, 0.6) is 0 Å². The number of hydrogen-bond acceptors (Lipinski definition) is 3. The Bertz CT molecular complexity index is 891. The van der Waals surface area contributed by atoms with Crippen LogP contribution in [0.1, 0.15) is 27.9 Å². The lowest BCUT2D eigenvalue weighted by Crippen LogP contribution is -2.28. The normalized spacial score (nSPS) is 16.6. The molecule has 1 aliphatic heterocycles. The van der Waals surface area contributed by atoms with Gasteiger partial charge in [-0.25, -0.2) is 4.79 Å². The molecule has 0 saturated carbocycles. The molecule has 0 aromatic heterocycles. The minimum Gasteiger partial charge on any atom is -0.478 e. The predicted molar refractivity (Wildman–Crippen MR) is 98.4 cm³/mol. The van der Waals surface area contributed by atoms with Crippen molar-refractivity contribution in [3.8, 4) is 0 Å². The van der Waals surface area contributed by atoms with E-state index >= 15 is 0 Å². The summed E-state index contributed by atoms with van der Waals surface area (Å²) >= 11 is 0. The molecule has 1 fully saturated rings. The summed E-state index contributed by atoms with van der Waals surface area (Å²) < 4.78 is 0. The lowest BCUT2D eigenvalue weighted by molar-refractivity contribution is -0.122. The molecule has 134 valence electrons. The monoisotopic (exact) mass is 352 g/mol. The Morgan fingerprint density at radius 2 is 1.88 bits per heavy atom. The summed E-state index contributed by atoms with van der Waals surface area (Å²) in [6, 6.07) is 11.8. The van der Waals surface area contributed by atoms with E-state index in [1.54, 1.807) is 17.0 Å². The summed E-state index contributed by atoms with van der Waals surface area (Å²) in [5.74, 6) is -1.91. The molecule has 0 radical (unpaired) electrons. The second-order valence-electron chi connectivity index (χ2n) is 6.55. The second-order valence-corrected chi connectivity index (χ2v) is 6.55. The lowest BCUT2D eigenvalue weighted by atomic mass is 10.1. The Morgan fingerprint density at radius 3 is 2.58 bits per heavy atom. The maximum Gasteiger partial charge on any atom is 0.335 e. The van der Waals surface area contributed by atoms with Crippen molar-refractivity contribution in [1.82, 2.24) is 0 Å². The number of aryl methyl sites for hydroxylation is 2. The minimum atomic E-state index is -1.06. The van der Waals surface area contributed by atoms with Crippen LogP contribution in [0.4, 0.5) is 11.4 Å². The standard InChI is InChI=1S/C20H20N2O4/c1-12-6-7-17(8-13(12)2)22-11-15(10-18(22)23)19(24)21-16-5-3-4-14(9-16)20(25)26/h3-9,15H,10-11H2,1-2H3,(H,21,24)(H,25,26)/t15-/m0/s1. The maximum absolute atomic E-state index is 12.5. The van der Waals surface area contributed by atoms with Gasteiger partial charge < -0.3 is 15.3 Å². The van der Waals surface area contributed by atoms with Crippen molar-refractivity contribution in [1.29, 1.82) is 0 Å². The fourth-order valence-electron chi connectivity index (χ4n) is 3.00. The molecule has 1 heterocycles. The van der Waals surface area contributed by atoms with Gasteiger partial charge in [0, 0.05) is 24.3 Å². The molecule has 2 amide bonds. The molecule has 0 aliphatic carbocycles. The number of carbonyl (C=O) groups is 3. The number of amides is 2. The highest BCUT2D eigenvalue weighted by molar-refractivity contribution is 6.03. The number of carboxylic acid groups (broad SMARTS) is 1. The lowest BCUT2D eigenvalue weighted by Gasteiger charge is -2.18. The number of carbonyl (C=O) groups excluding carboxylic acids is 2. The van der Waals surface area contributed by atoms with Gasteiger partial charge in [-0.1, -0.05) is 12.1 Å². The summed E-state index contributed by atoms with van der Waals surface area (Å²) in [5.41, 5.74) is 3.54. The molecule has 6 heteroatoms. The van der Waals surface area contributed by atoms with E-state index in [0.717, 1.165) is 16.8 Å². The van der Waals surface area contributed by atoms with Crippen LogP contribution in [0.2, 0.25) is 0 Å². The zero-order valence-corrected chi connectivity index (χ0v) is 14.7. The van der Waals surface area contributed by atoms with E-state index in [0.29, 0.717) is 12.2 Å². The van der Waals surface area contributed by atoms with Gasteiger partial charge in [0.15, 0.2) is 0 Å². The van der Waals surface area contributed by atoms with Gasteiger partial charge in [0.05, 0.1) is 11.5 Å². The Morgan fingerprint density at radius 1 is 1.12 bits per heavy atom. The molecular weight excluding hydrogens is 332 g/mol. The SMILES string of the molecule is Cc1ccc(N2C[C@@H](C(=O)Nc3cccc(C(=O)O)c3)CC2=O)cc1C. The molecule has 26 heavy (non-hydrogen) atoms. The van der Waals surface area contributed by atoms with E-state index in [1.165, 1.54) is 12.1 Å². The van der Waals surface area contributed by atoms with Crippen molar-refractivity contribution in [2.75, 3.05) is 16.8 Å². The zero-order valence-electron chi connectivity index (χ0n) is 14.7. The van der Waals surface area contributed by atoms with Crippen molar-refractivity contribution in [3.05, 3.63) is 59.2 Å². The van der Waals surface area contributed by atoms with Crippen LogP contribution in [0.15, 0.2) is 42.5 Å². The molecule has 1 atom stereocenters. The highest BCUT2D eigenvalue weighted by atomic mass is 16.4.